The van der Waals surface area contributed by atoms with Gasteiger partial charge in [-0.05, 0) is 35.7 Å². The monoisotopic (exact) mass is 294 g/mol. The topological polar surface area (TPSA) is 55.1 Å². The van der Waals surface area contributed by atoms with E-state index in [9.17, 15) is 4.79 Å². The van der Waals surface area contributed by atoms with Crippen LogP contribution in [0.15, 0.2) is 67.8 Å². The van der Waals surface area contributed by atoms with E-state index in [0.29, 0.717) is 11.3 Å². The second-order valence-corrected chi connectivity index (χ2v) is 4.67. The van der Waals surface area contributed by atoms with Crippen molar-refractivity contribution in [3.05, 3.63) is 78.9 Å². The molecule has 22 heavy (non-hydrogen) atoms. The van der Waals surface area contributed by atoms with Crippen molar-refractivity contribution in [3.63, 3.8) is 0 Å². The SMILES string of the molecule is C=C(N)c1ccc(-c2ccc(C(=O)NC)cc2)cc1.C=CC. The largest absolute Gasteiger partial charge is 0.399 e. The maximum Gasteiger partial charge on any atom is 0.251 e. The highest BCUT2D eigenvalue weighted by molar-refractivity contribution is 5.94. The Bertz CT molecular complexity index is 640. The first-order valence-electron chi connectivity index (χ1n) is 6.97. The van der Waals surface area contributed by atoms with Crippen LogP contribution < -0.4 is 11.1 Å². The van der Waals surface area contributed by atoms with Crippen LogP contribution in [-0.4, -0.2) is 13.0 Å². The third-order valence-corrected chi connectivity index (χ3v) is 2.96. The number of nitrogens with one attached hydrogen (secondary N) is 1. The fourth-order valence-corrected chi connectivity index (χ4v) is 1.84. The van der Waals surface area contributed by atoms with Crippen LogP contribution in [0.2, 0.25) is 0 Å². The first-order valence-corrected chi connectivity index (χ1v) is 6.97. The summed E-state index contributed by atoms with van der Waals surface area (Å²) >= 11 is 0. The van der Waals surface area contributed by atoms with E-state index in [0.717, 1.165) is 16.7 Å². The predicted octanol–water partition coefficient (Wildman–Crippen LogP) is 3.83. The molecule has 3 nitrogen and oxygen atoms in total. The summed E-state index contributed by atoms with van der Waals surface area (Å²) in [5.74, 6) is -0.0821. The molecule has 0 unspecified atom stereocenters. The van der Waals surface area contributed by atoms with Gasteiger partial charge in [0.1, 0.15) is 0 Å². The molecular weight excluding hydrogens is 272 g/mol. The minimum absolute atomic E-state index is 0.0821. The summed E-state index contributed by atoms with van der Waals surface area (Å²) in [6.45, 7) is 8.95. The van der Waals surface area contributed by atoms with Crippen LogP contribution in [0.5, 0.6) is 0 Å². The zero-order valence-corrected chi connectivity index (χ0v) is 13.1. The van der Waals surface area contributed by atoms with E-state index in [-0.39, 0.29) is 5.91 Å². The standard InChI is InChI=1S/C16H16N2O.C3H6/c1-11(17)12-3-5-13(6-4-12)14-7-9-15(10-8-14)16(19)18-2;1-3-2/h3-10H,1,17H2,2H3,(H,18,19);3H,1H2,2H3. The van der Waals surface area contributed by atoms with Crippen molar-refractivity contribution in [3.8, 4) is 11.1 Å². The van der Waals surface area contributed by atoms with Crippen molar-refractivity contribution < 1.29 is 4.79 Å². The Morgan fingerprint density at radius 3 is 1.68 bits per heavy atom. The Morgan fingerprint density at radius 1 is 1.00 bits per heavy atom. The van der Waals surface area contributed by atoms with Gasteiger partial charge < -0.3 is 11.1 Å². The van der Waals surface area contributed by atoms with Crippen LogP contribution in [0.25, 0.3) is 16.8 Å². The van der Waals surface area contributed by atoms with Crippen LogP contribution in [-0.2, 0) is 0 Å². The van der Waals surface area contributed by atoms with E-state index in [1.165, 1.54) is 0 Å². The van der Waals surface area contributed by atoms with Gasteiger partial charge in [-0.2, -0.15) is 0 Å². The number of carbonyl (C=O) groups excluding carboxylic acids is 1. The van der Waals surface area contributed by atoms with Crippen molar-refractivity contribution in [2.24, 2.45) is 5.73 Å². The lowest BCUT2D eigenvalue weighted by molar-refractivity contribution is 0.0963. The number of hydrogen-bond donors (Lipinski definition) is 2. The van der Waals surface area contributed by atoms with Crippen molar-refractivity contribution >= 4 is 11.6 Å². The molecule has 0 atom stereocenters. The van der Waals surface area contributed by atoms with Gasteiger partial charge in [0, 0.05) is 18.3 Å². The highest BCUT2D eigenvalue weighted by Gasteiger charge is 2.03. The summed E-state index contributed by atoms with van der Waals surface area (Å²) in [5.41, 5.74) is 9.90. The Morgan fingerprint density at radius 2 is 1.36 bits per heavy atom. The molecule has 0 bridgehead atoms. The zero-order chi connectivity index (χ0) is 16.5. The minimum Gasteiger partial charge on any atom is -0.399 e. The first kappa shape index (κ1) is 17.2. The molecule has 0 aliphatic heterocycles. The summed E-state index contributed by atoms with van der Waals surface area (Å²) < 4.78 is 0. The number of rotatable bonds is 3. The molecule has 0 fully saturated rings. The number of amides is 1. The molecule has 0 spiro atoms. The smallest absolute Gasteiger partial charge is 0.251 e. The molecular formula is C19H22N2O. The van der Waals surface area contributed by atoms with Gasteiger partial charge in [-0.15, -0.1) is 6.58 Å². The van der Waals surface area contributed by atoms with E-state index in [2.05, 4.69) is 18.5 Å². The van der Waals surface area contributed by atoms with Crippen LogP contribution in [0.1, 0.15) is 22.8 Å². The molecule has 0 aliphatic rings. The zero-order valence-electron chi connectivity index (χ0n) is 13.1. The summed E-state index contributed by atoms with van der Waals surface area (Å²) in [6, 6.07) is 15.3. The van der Waals surface area contributed by atoms with Gasteiger partial charge in [-0.25, -0.2) is 0 Å². The van der Waals surface area contributed by atoms with Crippen LogP contribution >= 0.6 is 0 Å². The maximum absolute atomic E-state index is 11.4. The van der Waals surface area contributed by atoms with Gasteiger partial charge in [0.2, 0.25) is 0 Å². The number of carbonyl (C=O) groups is 1. The first-order chi connectivity index (χ1) is 10.5. The molecule has 2 rings (SSSR count). The molecule has 0 aliphatic carbocycles. The second-order valence-electron chi connectivity index (χ2n) is 4.67. The fourth-order valence-electron chi connectivity index (χ4n) is 1.84. The predicted molar refractivity (Wildman–Crippen MR) is 94.4 cm³/mol. The minimum atomic E-state index is -0.0821. The highest BCUT2D eigenvalue weighted by Crippen LogP contribution is 2.21. The third-order valence-electron chi connectivity index (χ3n) is 2.96. The third kappa shape index (κ3) is 4.63. The molecule has 114 valence electrons. The van der Waals surface area contributed by atoms with Crippen molar-refractivity contribution in [2.45, 2.75) is 6.92 Å². The van der Waals surface area contributed by atoms with E-state index in [1.807, 2.05) is 55.5 Å². The summed E-state index contributed by atoms with van der Waals surface area (Å²) in [5, 5.41) is 2.60. The normalized spacial score (nSPS) is 9.18. The molecule has 0 saturated heterocycles. The molecule has 0 aromatic heterocycles. The van der Waals surface area contributed by atoms with E-state index < -0.39 is 0 Å². The number of allylic oxidation sites excluding steroid dienone is 1. The molecule has 0 radical (unpaired) electrons. The second kappa shape index (κ2) is 8.47. The van der Waals surface area contributed by atoms with Crippen LogP contribution in [0, 0.1) is 0 Å². The number of nitrogens with two attached hydrogens (primary N) is 1. The van der Waals surface area contributed by atoms with Crippen molar-refractivity contribution in [2.75, 3.05) is 7.05 Å². The molecule has 0 heterocycles. The van der Waals surface area contributed by atoms with Gasteiger partial charge in [0.05, 0.1) is 0 Å². The lowest BCUT2D eigenvalue weighted by atomic mass is 10.0. The van der Waals surface area contributed by atoms with E-state index in [4.69, 9.17) is 5.73 Å². The van der Waals surface area contributed by atoms with Crippen LogP contribution in [0.3, 0.4) is 0 Å². The van der Waals surface area contributed by atoms with Gasteiger partial charge in [0.25, 0.3) is 5.91 Å². The highest BCUT2D eigenvalue weighted by atomic mass is 16.1. The van der Waals surface area contributed by atoms with Gasteiger partial charge >= 0.3 is 0 Å². The molecule has 0 saturated carbocycles. The summed E-state index contributed by atoms with van der Waals surface area (Å²) in [6.07, 6.45) is 1.75. The molecule has 2 aromatic carbocycles. The van der Waals surface area contributed by atoms with E-state index in [1.54, 1.807) is 13.1 Å². The quantitative estimate of drug-likeness (QED) is 0.845. The fraction of sp³-hybridized carbons (Fsp3) is 0.105. The summed E-state index contributed by atoms with van der Waals surface area (Å²) in [7, 11) is 1.62. The average molecular weight is 294 g/mol. The molecule has 3 N–H and O–H groups in total. The molecule has 1 amide bonds. The maximum atomic E-state index is 11.4. The molecule has 3 heteroatoms. The Kier molecular flexibility index (Phi) is 6.64. The number of benzene rings is 2. The Balaban J connectivity index is 0.000000745. The van der Waals surface area contributed by atoms with Gasteiger partial charge in [-0.3, -0.25) is 4.79 Å². The Labute approximate surface area is 132 Å². The van der Waals surface area contributed by atoms with Gasteiger partial charge in [-0.1, -0.05) is 49.1 Å². The summed E-state index contributed by atoms with van der Waals surface area (Å²) in [4.78, 5) is 11.4. The lowest BCUT2D eigenvalue weighted by Gasteiger charge is -2.05. The van der Waals surface area contributed by atoms with Gasteiger partial charge in [0.15, 0.2) is 0 Å². The lowest BCUT2D eigenvalue weighted by Crippen LogP contribution is -2.17. The van der Waals surface area contributed by atoms with Crippen LogP contribution in [0.4, 0.5) is 0 Å². The van der Waals surface area contributed by atoms with Crippen molar-refractivity contribution in [1.29, 1.82) is 0 Å². The van der Waals surface area contributed by atoms with E-state index >= 15 is 0 Å². The van der Waals surface area contributed by atoms with Crippen molar-refractivity contribution in [1.82, 2.24) is 5.32 Å². The Hall–Kier alpha value is -2.81. The average Bonchev–Trinajstić information content (AvgIpc) is 2.55. The number of hydrogen-bond acceptors (Lipinski definition) is 2. The molecule has 2 aromatic rings.